The Labute approximate surface area is 209 Å². The number of nitrogens with one attached hydrogen (secondary N) is 1. The molecule has 7 unspecified atom stereocenters. The van der Waals surface area contributed by atoms with Gasteiger partial charge in [0.2, 0.25) is 5.91 Å². The first-order chi connectivity index (χ1) is 16.8. The number of hydrogen-bond acceptors (Lipinski definition) is 8. The molecule has 1 aliphatic rings. The summed E-state index contributed by atoms with van der Waals surface area (Å²) >= 11 is 0. The number of unbranched alkanes of at least 4 members (excludes halogenated alkanes) is 6. The van der Waals surface area contributed by atoms with Crippen LogP contribution in [0.4, 0.5) is 0 Å². The van der Waals surface area contributed by atoms with Gasteiger partial charge < -0.3 is 40.3 Å². The van der Waals surface area contributed by atoms with Crippen LogP contribution in [0, 0.1) is 0 Å². The zero-order valence-electron chi connectivity index (χ0n) is 21.3. The van der Waals surface area contributed by atoms with Crippen LogP contribution in [0.3, 0.4) is 0 Å². The molecule has 9 heteroatoms. The van der Waals surface area contributed by atoms with E-state index in [-0.39, 0.29) is 12.5 Å². The first kappa shape index (κ1) is 31.7. The lowest BCUT2D eigenvalue weighted by Gasteiger charge is -2.40. The molecule has 1 amide bonds. The topological polar surface area (TPSA) is 149 Å². The van der Waals surface area contributed by atoms with Gasteiger partial charge >= 0.3 is 0 Å². The van der Waals surface area contributed by atoms with Crippen molar-refractivity contribution in [3.8, 4) is 0 Å². The minimum absolute atomic E-state index is 0.205. The van der Waals surface area contributed by atoms with Gasteiger partial charge in [0, 0.05) is 6.42 Å². The second kappa shape index (κ2) is 18.9. The van der Waals surface area contributed by atoms with Crippen LogP contribution in [0.5, 0.6) is 0 Å². The van der Waals surface area contributed by atoms with Gasteiger partial charge in [0.15, 0.2) is 6.29 Å². The molecule has 0 bridgehead atoms. The zero-order valence-corrected chi connectivity index (χ0v) is 21.3. The fourth-order valence-electron chi connectivity index (χ4n) is 3.73. The lowest BCUT2D eigenvalue weighted by Crippen LogP contribution is -2.60. The van der Waals surface area contributed by atoms with E-state index in [1.165, 1.54) is 25.7 Å². The Morgan fingerprint density at radius 2 is 1.63 bits per heavy atom. The molecule has 9 nitrogen and oxygen atoms in total. The number of ether oxygens (including phenoxy) is 2. The van der Waals surface area contributed by atoms with Gasteiger partial charge in [-0.15, -0.1) is 0 Å². The van der Waals surface area contributed by atoms with Gasteiger partial charge in [0.05, 0.1) is 25.4 Å². The lowest BCUT2D eigenvalue weighted by atomic mass is 9.99. The van der Waals surface area contributed by atoms with E-state index in [0.717, 1.165) is 25.7 Å². The third-order valence-corrected chi connectivity index (χ3v) is 6.03. The summed E-state index contributed by atoms with van der Waals surface area (Å²) in [4.78, 5) is 12.3. The van der Waals surface area contributed by atoms with Crippen LogP contribution in [-0.2, 0) is 14.3 Å². The van der Waals surface area contributed by atoms with Gasteiger partial charge in [-0.25, -0.2) is 0 Å². The largest absolute Gasteiger partial charge is 0.394 e. The van der Waals surface area contributed by atoms with Crippen LogP contribution >= 0.6 is 0 Å². The molecule has 0 spiro atoms. The van der Waals surface area contributed by atoms with Crippen molar-refractivity contribution < 1.29 is 39.8 Å². The van der Waals surface area contributed by atoms with E-state index in [4.69, 9.17) is 9.47 Å². The molecule has 0 aromatic rings. The summed E-state index contributed by atoms with van der Waals surface area (Å²) in [5.74, 6) is -0.229. The van der Waals surface area contributed by atoms with E-state index >= 15 is 0 Å². The van der Waals surface area contributed by atoms with E-state index in [1.807, 2.05) is 13.0 Å². The molecular formula is C26H47NO8. The molecule has 7 atom stereocenters. The summed E-state index contributed by atoms with van der Waals surface area (Å²) < 4.78 is 10.9. The molecule has 204 valence electrons. The fourth-order valence-corrected chi connectivity index (χ4v) is 3.73. The highest BCUT2D eigenvalue weighted by Gasteiger charge is 2.44. The third kappa shape index (κ3) is 12.5. The Morgan fingerprint density at radius 3 is 2.31 bits per heavy atom. The SMILES string of the molecule is CCCCCC/C=C/CC/C=C/C(O)C(COC1OC(CO)C(O)C(O)C1O)NC(=O)CCCC. The van der Waals surface area contributed by atoms with Gasteiger partial charge in [0.25, 0.3) is 0 Å². The molecular weight excluding hydrogens is 454 g/mol. The summed E-state index contributed by atoms with van der Waals surface area (Å²) in [6, 6.07) is -0.808. The molecule has 0 aromatic heterocycles. The zero-order chi connectivity index (χ0) is 26.1. The Morgan fingerprint density at radius 1 is 0.943 bits per heavy atom. The number of carbonyl (C=O) groups is 1. The van der Waals surface area contributed by atoms with E-state index in [0.29, 0.717) is 12.8 Å². The second-order valence-corrected chi connectivity index (χ2v) is 9.13. The average Bonchev–Trinajstić information content (AvgIpc) is 2.85. The number of amides is 1. The van der Waals surface area contributed by atoms with Gasteiger partial charge in [-0.2, -0.15) is 0 Å². The highest BCUT2D eigenvalue weighted by molar-refractivity contribution is 5.76. The maximum atomic E-state index is 12.3. The van der Waals surface area contributed by atoms with Crippen LogP contribution in [0.1, 0.15) is 78.1 Å². The smallest absolute Gasteiger partial charge is 0.220 e. The van der Waals surface area contributed by atoms with Crippen molar-refractivity contribution in [1.29, 1.82) is 0 Å². The van der Waals surface area contributed by atoms with Gasteiger partial charge in [-0.05, 0) is 32.1 Å². The molecule has 1 aliphatic heterocycles. The fraction of sp³-hybridized carbons (Fsp3) is 0.808. The number of hydrogen-bond donors (Lipinski definition) is 6. The van der Waals surface area contributed by atoms with Crippen molar-refractivity contribution in [3.05, 3.63) is 24.3 Å². The first-order valence-corrected chi connectivity index (χ1v) is 13.1. The average molecular weight is 502 g/mol. The number of carbonyl (C=O) groups excluding carboxylic acids is 1. The minimum Gasteiger partial charge on any atom is -0.394 e. The summed E-state index contributed by atoms with van der Waals surface area (Å²) in [6.45, 7) is 3.40. The molecule has 1 heterocycles. The quantitative estimate of drug-likeness (QED) is 0.123. The molecule has 0 radical (unpaired) electrons. The Balaban J connectivity index is 2.61. The van der Waals surface area contributed by atoms with Crippen molar-refractivity contribution in [2.75, 3.05) is 13.2 Å². The summed E-state index contributed by atoms with van der Waals surface area (Å²) in [6.07, 6.45) is 9.21. The maximum Gasteiger partial charge on any atom is 0.220 e. The van der Waals surface area contributed by atoms with E-state index in [9.17, 15) is 30.3 Å². The number of rotatable bonds is 18. The number of aliphatic hydroxyl groups is 5. The van der Waals surface area contributed by atoms with Crippen molar-refractivity contribution in [2.45, 2.75) is 121 Å². The van der Waals surface area contributed by atoms with Crippen molar-refractivity contribution >= 4 is 5.91 Å². The number of aliphatic hydroxyl groups excluding tert-OH is 5. The van der Waals surface area contributed by atoms with Crippen molar-refractivity contribution in [3.63, 3.8) is 0 Å². The van der Waals surface area contributed by atoms with E-state index in [1.54, 1.807) is 6.08 Å². The van der Waals surface area contributed by atoms with Gasteiger partial charge in [-0.3, -0.25) is 4.79 Å². The van der Waals surface area contributed by atoms with Crippen LogP contribution in [-0.4, -0.2) is 87.5 Å². The molecule has 6 N–H and O–H groups in total. The molecule has 1 rings (SSSR count). The Hall–Kier alpha value is -1.33. The predicted molar refractivity (Wildman–Crippen MR) is 133 cm³/mol. The van der Waals surface area contributed by atoms with E-state index in [2.05, 4.69) is 24.4 Å². The summed E-state index contributed by atoms with van der Waals surface area (Å²) in [5, 5.41) is 52.8. The molecule has 0 aromatic carbocycles. The molecule has 35 heavy (non-hydrogen) atoms. The summed E-state index contributed by atoms with van der Waals surface area (Å²) in [5.41, 5.74) is 0. The van der Waals surface area contributed by atoms with Crippen LogP contribution in [0.2, 0.25) is 0 Å². The lowest BCUT2D eigenvalue weighted by molar-refractivity contribution is -0.302. The predicted octanol–water partition coefficient (Wildman–Crippen LogP) is 1.70. The van der Waals surface area contributed by atoms with Crippen LogP contribution in [0.25, 0.3) is 0 Å². The third-order valence-electron chi connectivity index (χ3n) is 6.03. The highest BCUT2D eigenvalue weighted by atomic mass is 16.7. The molecule has 0 aliphatic carbocycles. The van der Waals surface area contributed by atoms with Crippen LogP contribution < -0.4 is 5.32 Å². The Kier molecular flexibility index (Phi) is 17.1. The summed E-state index contributed by atoms with van der Waals surface area (Å²) in [7, 11) is 0. The molecule has 0 saturated carbocycles. The van der Waals surface area contributed by atoms with Crippen molar-refractivity contribution in [2.24, 2.45) is 0 Å². The van der Waals surface area contributed by atoms with Gasteiger partial charge in [0.1, 0.15) is 24.4 Å². The number of allylic oxidation sites excluding steroid dienone is 3. The molecule has 1 saturated heterocycles. The first-order valence-electron chi connectivity index (χ1n) is 13.1. The minimum atomic E-state index is -1.56. The second-order valence-electron chi connectivity index (χ2n) is 9.13. The Bertz CT molecular complexity index is 612. The standard InChI is InChI=1S/C26H47NO8/c1-3-5-7-8-9-10-11-12-13-14-15-20(29)19(27-22(30)16-6-4-2)18-34-26-25(33)24(32)23(31)21(17-28)35-26/h10-11,14-15,19-21,23-26,28-29,31-33H,3-9,12-13,16-18H2,1-2H3,(H,27,30)/b11-10+,15-14+. The van der Waals surface area contributed by atoms with Crippen molar-refractivity contribution in [1.82, 2.24) is 5.32 Å². The van der Waals surface area contributed by atoms with E-state index < -0.39 is 49.5 Å². The monoisotopic (exact) mass is 501 g/mol. The molecule has 1 fully saturated rings. The van der Waals surface area contributed by atoms with Crippen LogP contribution in [0.15, 0.2) is 24.3 Å². The van der Waals surface area contributed by atoms with Gasteiger partial charge in [-0.1, -0.05) is 63.8 Å². The highest BCUT2D eigenvalue weighted by Crippen LogP contribution is 2.22. The normalized spacial score (nSPS) is 26.9. The maximum absolute atomic E-state index is 12.3.